The molecule has 0 unspecified atom stereocenters. The van der Waals surface area contributed by atoms with Crippen LogP contribution in [0.4, 0.5) is 0 Å². The van der Waals surface area contributed by atoms with Gasteiger partial charge in [-0.1, -0.05) is 17.7 Å². The number of rotatable bonds is 5. The standard InChI is InChI=1S/C17H23N3O4S2/c1-13-2-4-15(5-3-13)26(23,24)20-8-6-14(7-9-20)18-16(21)10-19-12-25-11-17(19)22/h2-5,14H,6-12H2,1H3,(H,18,21). The van der Waals surface area contributed by atoms with E-state index in [1.54, 1.807) is 24.3 Å². The molecule has 0 radical (unpaired) electrons. The number of sulfonamides is 1. The first-order valence-corrected chi connectivity index (χ1v) is 11.2. The molecular weight excluding hydrogens is 374 g/mol. The normalized spacial score (nSPS) is 19.7. The molecule has 2 aliphatic heterocycles. The lowest BCUT2D eigenvalue weighted by Crippen LogP contribution is -2.48. The second-order valence-electron chi connectivity index (χ2n) is 6.63. The van der Waals surface area contributed by atoms with Crippen molar-refractivity contribution in [3.63, 3.8) is 0 Å². The Morgan fingerprint density at radius 3 is 2.46 bits per heavy atom. The van der Waals surface area contributed by atoms with Crippen LogP contribution in [0.25, 0.3) is 0 Å². The monoisotopic (exact) mass is 397 g/mol. The van der Waals surface area contributed by atoms with E-state index in [1.807, 2.05) is 6.92 Å². The minimum atomic E-state index is -3.49. The molecule has 0 aliphatic carbocycles. The topological polar surface area (TPSA) is 86.8 Å². The summed E-state index contributed by atoms with van der Waals surface area (Å²) in [5, 5.41) is 2.92. The number of carbonyl (C=O) groups is 2. The number of benzene rings is 1. The van der Waals surface area contributed by atoms with Crippen LogP contribution in [0.3, 0.4) is 0 Å². The molecule has 0 aromatic heterocycles. The first-order chi connectivity index (χ1) is 12.4. The molecule has 0 spiro atoms. The molecule has 1 aromatic rings. The fourth-order valence-corrected chi connectivity index (χ4v) is 5.46. The molecule has 3 rings (SSSR count). The van der Waals surface area contributed by atoms with Crippen LogP contribution in [-0.2, 0) is 19.6 Å². The zero-order chi connectivity index (χ0) is 18.7. The Labute approximate surface area is 158 Å². The molecular formula is C17H23N3O4S2. The van der Waals surface area contributed by atoms with E-state index < -0.39 is 10.0 Å². The number of aryl methyl sites for hydroxylation is 1. The Hall–Kier alpha value is -1.58. The third kappa shape index (κ3) is 4.39. The Morgan fingerprint density at radius 2 is 1.88 bits per heavy atom. The van der Waals surface area contributed by atoms with E-state index in [-0.39, 0.29) is 24.4 Å². The van der Waals surface area contributed by atoms with Crippen molar-refractivity contribution in [3.05, 3.63) is 29.8 Å². The second-order valence-corrected chi connectivity index (χ2v) is 9.52. The summed E-state index contributed by atoms with van der Waals surface area (Å²) in [6.07, 6.45) is 1.14. The van der Waals surface area contributed by atoms with Crippen molar-refractivity contribution in [2.75, 3.05) is 31.3 Å². The van der Waals surface area contributed by atoms with E-state index in [9.17, 15) is 18.0 Å². The van der Waals surface area contributed by atoms with E-state index in [0.717, 1.165) is 5.56 Å². The van der Waals surface area contributed by atoms with Crippen molar-refractivity contribution in [2.45, 2.75) is 30.7 Å². The van der Waals surface area contributed by atoms with E-state index in [2.05, 4.69) is 5.32 Å². The average Bonchev–Trinajstić information content (AvgIpc) is 3.00. The van der Waals surface area contributed by atoms with Crippen molar-refractivity contribution in [1.82, 2.24) is 14.5 Å². The maximum atomic E-state index is 12.7. The lowest BCUT2D eigenvalue weighted by molar-refractivity contribution is -0.132. The van der Waals surface area contributed by atoms with Gasteiger partial charge in [0.2, 0.25) is 21.8 Å². The van der Waals surface area contributed by atoms with Gasteiger partial charge >= 0.3 is 0 Å². The number of thioether (sulfide) groups is 1. The van der Waals surface area contributed by atoms with E-state index in [1.165, 1.54) is 21.0 Å². The van der Waals surface area contributed by atoms with Crippen LogP contribution >= 0.6 is 11.8 Å². The SMILES string of the molecule is Cc1ccc(S(=O)(=O)N2CCC(NC(=O)CN3CSCC3=O)CC2)cc1. The summed E-state index contributed by atoms with van der Waals surface area (Å²) in [6.45, 7) is 2.74. The van der Waals surface area contributed by atoms with Crippen molar-refractivity contribution >= 4 is 33.6 Å². The predicted octanol–water partition coefficient (Wildman–Crippen LogP) is 0.797. The van der Waals surface area contributed by atoms with Crippen molar-refractivity contribution in [1.29, 1.82) is 0 Å². The number of nitrogens with one attached hydrogen (secondary N) is 1. The Kier molecular flexibility index (Phi) is 5.89. The van der Waals surface area contributed by atoms with Gasteiger partial charge in [-0.05, 0) is 31.9 Å². The zero-order valence-electron chi connectivity index (χ0n) is 14.7. The van der Waals surface area contributed by atoms with Crippen molar-refractivity contribution < 1.29 is 18.0 Å². The highest BCUT2D eigenvalue weighted by Crippen LogP contribution is 2.21. The van der Waals surface area contributed by atoms with Gasteiger partial charge in [0.25, 0.3) is 0 Å². The van der Waals surface area contributed by atoms with E-state index >= 15 is 0 Å². The van der Waals surface area contributed by atoms with Crippen LogP contribution in [0.5, 0.6) is 0 Å². The summed E-state index contributed by atoms with van der Waals surface area (Å²) >= 11 is 1.50. The highest BCUT2D eigenvalue weighted by Gasteiger charge is 2.30. The molecule has 26 heavy (non-hydrogen) atoms. The van der Waals surface area contributed by atoms with E-state index in [0.29, 0.717) is 42.5 Å². The molecule has 2 amide bonds. The van der Waals surface area contributed by atoms with Crippen molar-refractivity contribution in [2.24, 2.45) is 0 Å². The van der Waals surface area contributed by atoms with Gasteiger partial charge in [-0.25, -0.2) is 8.42 Å². The van der Waals surface area contributed by atoms with Gasteiger partial charge in [-0.15, -0.1) is 11.8 Å². The van der Waals surface area contributed by atoms with Gasteiger partial charge in [0.1, 0.15) is 6.54 Å². The van der Waals surface area contributed by atoms with E-state index in [4.69, 9.17) is 0 Å². The summed E-state index contributed by atoms with van der Waals surface area (Å²) in [7, 11) is -3.49. The van der Waals surface area contributed by atoms with Crippen LogP contribution in [0, 0.1) is 6.92 Å². The number of piperidine rings is 1. The predicted molar refractivity (Wildman–Crippen MR) is 100 cm³/mol. The number of nitrogens with zero attached hydrogens (tertiary/aromatic N) is 2. The van der Waals surface area contributed by atoms with Crippen LogP contribution in [0.1, 0.15) is 18.4 Å². The van der Waals surface area contributed by atoms with Gasteiger partial charge in [0.15, 0.2) is 0 Å². The first-order valence-electron chi connectivity index (χ1n) is 8.58. The number of carbonyl (C=O) groups excluding carboxylic acids is 2. The lowest BCUT2D eigenvalue weighted by atomic mass is 10.1. The molecule has 2 saturated heterocycles. The lowest BCUT2D eigenvalue weighted by Gasteiger charge is -2.32. The fraction of sp³-hybridized carbons (Fsp3) is 0.529. The molecule has 0 atom stereocenters. The molecule has 2 aliphatic rings. The van der Waals surface area contributed by atoms with Crippen LogP contribution < -0.4 is 5.32 Å². The summed E-state index contributed by atoms with van der Waals surface area (Å²) < 4.78 is 26.8. The van der Waals surface area contributed by atoms with Gasteiger partial charge in [0.05, 0.1) is 16.5 Å². The number of amides is 2. The Bertz CT molecular complexity index is 772. The van der Waals surface area contributed by atoms with Gasteiger partial charge in [-0.3, -0.25) is 9.59 Å². The minimum Gasteiger partial charge on any atom is -0.352 e. The first kappa shape index (κ1) is 19.2. The number of hydrogen-bond acceptors (Lipinski definition) is 5. The van der Waals surface area contributed by atoms with Crippen LogP contribution in [0.15, 0.2) is 29.2 Å². The zero-order valence-corrected chi connectivity index (χ0v) is 16.3. The quantitative estimate of drug-likeness (QED) is 0.794. The molecule has 2 heterocycles. The van der Waals surface area contributed by atoms with Gasteiger partial charge in [0, 0.05) is 19.1 Å². The fourth-order valence-electron chi connectivity index (χ4n) is 3.09. The molecule has 142 valence electrons. The molecule has 0 saturated carbocycles. The van der Waals surface area contributed by atoms with Gasteiger partial charge in [-0.2, -0.15) is 4.31 Å². The molecule has 9 heteroatoms. The smallest absolute Gasteiger partial charge is 0.243 e. The van der Waals surface area contributed by atoms with Crippen molar-refractivity contribution in [3.8, 4) is 0 Å². The minimum absolute atomic E-state index is 0.0100. The average molecular weight is 398 g/mol. The maximum Gasteiger partial charge on any atom is 0.243 e. The Morgan fingerprint density at radius 1 is 1.23 bits per heavy atom. The third-order valence-corrected chi connectivity index (χ3v) is 7.50. The maximum absolute atomic E-state index is 12.7. The molecule has 1 N–H and O–H groups in total. The largest absolute Gasteiger partial charge is 0.352 e. The molecule has 7 nitrogen and oxygen atoms in total. The summed E-state index contributed by atoms with van der Waals surface area (Å²) in [5.74, 6) is 0.798. The molecule has 2 fully saturated rings. The highest BCUT2D eigenvalue weighted by molar-refractivity contribution is 8.00. The molecule has 1 aromatic carbocycles. The summed E-state index contributed by atoms with van der Waals surface area (Å²) in [6, 6.07) is 6.78. The Balaban J connectivity index is 1.51. The second kappa shape index (κ2) is 7.98. The van der Waals surface area contributed by atoms with Gasteiger partial charge < -0.3 is 10.2 Å². The number of hydrogen-bond donors (Lipinski definition) is 1. The summed E-state index contributed by atoms with van der Waals surface area (Å²) in [5.41, 5.74) is 1.01. The van der Waals surface area contributed by atoms with Crippen LogP contribution in [-0.4, -0.2) is 66.7 Å². The molecule has 0 bridgehead atoms. The summed E-state index contributed by atoms with van der Waals surface area (Å²) in [4.78, 5) is 25.5. The van der Waals surface area contributed by atoms with Crippen LogP contribution in [0.2, 0.25) is 0 Å². The third-order valence-electron chi connectivity index (χ3n) is 4.64. The highest BCUT2D eigenvalue weighted by atomic mass is 32.2.